The van der Waals surface area contributed by atoms with Crippen LogP contribution < -0.4 is 0 Å². The lowest BCUT2D eigenvalue weighted by Gasteiger charge is -2.11. The van der Waals surface area contributed by atoms with Gasteiger partial charge in [0.25, 0.3) is 0 Å². The highest BCUT2D eigenvalue weighted by molar-refractivity contribution is 5.98. The molecule has 0 saturated carbocycles. The van der Waals surface area contributed by atoms with Gasteiger partial charge in [-0.3, -0.25) is 9.59 Å². The number of hydrogen-bond acceptors (Lipinski definition) is 2. The Balaban J connectivity index is 3.85. The third-order valence-electron chi connectivity index (χ3n) is 1.80. The van der Waals surface area contributed by atoms with Gasteiger partial charge < -0.3 is 0 Å². The summed E-state index contributed by atoms with van der Waals surface area (Å²) in [7, 11) is 0. The molecule has 0 saturated heterocycles. The predicted molar refractivity (Wildman–Crippen MR) is 48.9 cm³/mol. The van der Waals surface area contributed by atoms with Gasteiger partial charge in [-0.15, -0.1) is 0 Å². The quantitative estimate of drug-likeness (QED) is 0.593. The van der Waals surface area contributed by atoms with Crippen LogP contribution in [0, 0.1) is 11.8 Å². The van der Waals surface area contributed by atoms with E-state index in [1.807, 2.05) is 6.92 Å². The molecule has 0 aromatic heterocycles. The van der Waals surface area contributed by atoms with Crippen molar-refractivity contribution in [2.45, 2.75) is 40.5 Å². The van der Waals surface area contributed by atoms with Crippen LogP contribution in [0.5, 0.6) is 0 Å². The van der Waals surface area contributed by atoms with Crippen molar-refractivity contribution in [1.29, 1.82) is 0 Å². The third-order valence-corrected chi connectivity index (χ3v) is 1.80. The SMILES string of the molecule is CC(=O)CC(=O)C(C)CC(C)C. The molecule has 0 bridgehead atoms. The molecule has 0 amide bonds. The Kier molecular flexibility index (Phi) is 4.79. The van der Waals surface area contributed by atoms with Crippen molar-refractivity contribution in [1.82, 2.24) is 0 Å². The molecule has 0 radical (unpaired) electrons. The minimum atomic E-state index is -0.0318. The lowest BCUT2D eigenvalue weighted by molar-refractivity contribution is -0.128. The molecule has 2 heteroatoms. The standard InChI is InChI=1S/C10H18O2/c1-7(2)5-8(3)10(12)6-9(4)11/h7-8H,5-6H2,1-4H3. The molecule has 1 atom stereocenters. The fraction of sp³-hybridized carbons (Fsp3) is 0.800. The molecule has 1 unspecified atom stereocenters. The van der Waals surface area contributed by atoms with E-state index in [-0.39, 0.29) is 23.9 Å². The average molecular weight is 170 g/mol. The predicted octanol–water partition coefficient (Wildman–Crippen LogP) is 2.22. The van der Waals surface area contributed by atoms with Crippen molar-refractivity contribution in [3.63, 3.8) is 0 Å². The van der Waals surface area contributed by atoms with Gasteiger partial charge >= 0.3 is 0 Å². The van der Waals surface area contributed by atoms with Crippen molar-refractivity contribution in [2.75, 3.05) is 0 Å². The monoisotopic (exact) mass is 170 g/mol. The molecule has 0 N–H and O–H groups in total. The number of carbonyl (C=O) groups is 2. The fourth-order valence-electron chi connectivity index (χ4n) is 1.26. The van der Waals surface area contributed by atoms with Crippen molar-refractivity contribution in [3.05, 3.63) is 0 Å². The van der Waals surface area contributed by atoms with Crippen molar-refractivity contribution >= 4 is 11.6 Å². The zero-order chi connectivity index (χ0) is 9.72. The molecule has 0 aromatic rings. The van der Waals surface area contributed by atoms with E-state index in [1.54, 1.807) is 0 Å². The van der Waals surface area contributed by atoms with Crippen LogP contribution in [0.25, 0.3) is 0 Å². The Morgan fingerprint density at radius 3 is 2.00 bits per heavy atom. The highest BCUT2D eigenvalue weighted by atomic mass is 16.1. The first kappa shape index (κ1) is 11.3. The van der Waals surface area contributed by atoms with Gasteiger partial charge in [0.2, 0.25) is 0 Å². The molecule has 0 fully saturated rings. The molecule has 12 heavy (non-hydrogen) atoms. The summed E-state index contributed by atoms with van der Waals surface area (Å²) in [6, 6.07) is 0. The van der Waals surface area contributed by atoms with Gasteiger partial charge in [0.05, 0.1) is 6.42 Å². The van der Waals surface area contributed by atoms with Crippen LogP contribution in [0.4, 0.5) is 0 Å². The van der Waals surface area contributed by atoms with Crippen LogP contribution in [0.2, 0.25) is 0 Å². The van der Waals surface area contributed by atoms with E-state index in [9.17, 15) is 9.59 Å². The number of carbonyl (C=O) groups excluding carboxylic acids is 2. The van der Waals surface area contributed by atoms with Crippen LogP contribution in [0.1, 0.15) is 40.5 Å². The summed E-state index contributed by atoms with van der Waals surface area (Å²) in [5.41, 5.74) is 0. The van der Waals surface area contributed by atoms with Crippen LogP contribution in [0.3, 0.4) is 0 Å². The van der Waals surface area contributed by atoms with E-state index in [1.165, 1.54) is 6.92 Å². The van der Waals surface area contributed by atoms with Crippen molar-refractivity contribution < 1.29 is 9.59 Å². The maximum Gasteiger partial charge on any atom is 0.143 e. The largest absolute Gasteiger partial charge is 0.300 e. The maximum atomic E-state index is 11.3. The number of ketones is 2. The van der Waals surface area contributed by atoms with Gasteiger partial charge in [-0.1, -0.05) is 20.8 Å². The Morgan fingerprint density at radius 2 is 1.67 bits per heavy atom. The fourth-order valence-corrected chi connectivity index (χ4v) is 1.26. The molecule has 0 spiro atoms. The van der Waals surface area contributed by atoms with Gasteiger partial charge in [0, 0.05) is 5.92 Å². The Morgan fingerprint density at radius 1 is 1.17 bits per heavy atom. The second-order valence-corrected chi connectivity index (χ2v) is 3.88. The topological polar surface area (TPSA) is 34.1 Å². The van der Waals surface area contributed by atoms with Gasteiger partial charge in [-0.25, -0.2) is 0 Å². The lowest BCUT2D eigenvalue weighted by atomic mass is 9.93. The van der Waals surface area contributed by atoms with E-state index in [2.05, 4.69) is 13.8 Å². The van der Waals surface area contributed by atoms with Gasteiger partial charge in [0.15, 0.2) is 0 Å². The summed E-state index contributed by atoms with van der Waals surface area (Å²) < 4.78 is 0. The van der Waals surface area contributed by atoms with Gasteiger partial charge in [-0.2, -0.15) is 0 Å². The zero-order valence-corrected chi connectivity index (χ0v) is 8.39. The van der Waals surface area contributed by atoms with E-state index < -0.39 is 0 Å². The van der Waals surface area contributed by atoms with Crippen LogP contribution in [0.15, 0.2) is 0 Å². The lowest BCUT2D eigenvalue weighted by Crippen LogP contribution is -2.15. The van der Waals surface area contributed by atoms with E-state index >= 15 is 0 Å². The Hall–Kier alpha value is -0.660. The molecule has 2 nitrogen and oxygen atoms in total. The average Bonchev–Trinajstić information content (AvgIpc) is 1.84. The molecule has 0 aromatic carbocycles. The molecule has 0 aliphatic heterocycles. The first-order chi connectivity index (χ1) is 5.43. The summed E-state index contributed by atoms with van der Waals surface area (Å²) >= 11 is 0. The molecule has 0 aliphatic rings. The summed E-state index contributed by atoms with van der Waals surface area (Å²) in [4.78, 5) is 21.9. The van der Waals surface area contributed by atoms with E-state index in [0.717, 1.165) is 6.42 Å². The van der Waals surface area contributed by atoms with Crippen LogP contribution in [-0.2, 0) is 9.59 Å². The van der Waals surface area contributed by atoms with Crippen LogP contribution >= 0.6 is 0 Å². The second-order valence-electron chi connectivity index (χ2n) is 3.88. The van der Waals surface area contributed by atoms with E-state index in [0.29, 0.717) is 5.92 Å². The number of hydrogen-bond donors (Lipinski definition) is 0. The molecule has 0 rings (SSSR count). The highest BCUT2D eigenvalue weighted by Gasteiger charge is 2.15. The Labute approximate surface area is 74.3 Å². The summed E-state index contributed by atoms with van der Waals surface area (Å²) in [5.74, 6) is 0.608. The van der Waals surface area contributed by atoms with Crippen molar-refractivity contribution in [3.8, 4) is 0 Å². The Bertz CT molecular complexity index is 171. The molecule has 0 heterocycles. The highest BCUT2D eigenvalue weighted by Crippen LogP contribution is 2.13. The van der Waals surface area contributed by atoms with Gasteiger partial charge in [-0.05, 0) is 19.3 Å². The van der Waals surface area contributed by atoms with Crippen LogP contribution in [-0.4, -0.2) is 11.6 Å². The summed E-state index contributed by atoms with van der Waals surface area (Å²) in [6.45, 7) is 7.51. The van der Waals surface area contributed by atoms with E-state index in [4.69, 9.17) is 0 Å². The first-order valence-corrected chi connectivity index (χ1v) is 4.45. The summed E-state index contributed by atoms with van der Waals surface area (Å²) in [6.07, 6.45) is 0.986. The zero-order valence-electron chi connectivity index (χ0n) is 8.39. The molecule has 0 aliphatic carbocycles. The maximum absolute atomic E-state index is 11.3. The molecular formula is C10H18O2. The minimum Gasteiger partial charge on any atom is -0.300 e. The number of rotatable bonds is 5. The third kappa shape index (κ3) is 5.05. The second kappa shape index (κ2) is 5.07. The molecular weight excluding hydrogens is 152 g/mol. The molecule has 70 valence electrons. The number of Topliss-reactive ketones (excluding diaryl/α,β-unsaturated/α-hetero) is 2. The summed E-state index contributed by atoms with van der Waals surface area (Å²) in [5, 5.41) is 0. The van der Waals surface area contributed by atoms with Gasteiger partial charge in [0.1, 0.15) is 11.6 Å². The normalized spacial score (nSPS) is 13.1. The first-order valence-electron chi connectivity index (χ1n) is 4.45. The minimum absolute atomic E-state index is 0.0318. The smallest absolute Gasteiger partial charge is 0.143 e. The van der Waals surface area contributed by atoms with Crippen molar-refractivity contribution in [2.24, 2.45) is 11.8 Å².